The van der Waals surface area contributed by atoms with Gasteiger partial charge >= 0.3 is 0 Å². The van der Waals surface area contributed by atoms with Crippen LogP contribution in [0.3, 0.4) is 0 Å². The molecule has 75 heavy (non-hydrogen) atoms. The molecule has 4 nitrogen and oxygen atoms in total. The molecular weight excluding hydrogens is 931 g/mol. The summed E-state index contributed by atoms with van der Waals surface area (Å²) in [6, 6.07) is 80.1. The molecule has 0 amide bonds. The van der Waals surface area contributed by atoms with Crippen LogP contribution in [0.15, 0.2) is 265 Å². The number of nitrogens with zero attached hydrogens (tertiary/aromatic N) is 3. The third-order valence-electron chi connectivity index (χ3n) is 14.3. The van der Waals surface area contributed by atoms with Gasteiger partial charge in [0, 0.05) is 62.9 Å². The molecule has 13 rings (SSSR count). The SMILES string of the molecule is CC.CN1c2c(-c3ccc(-c4ccc(-c5ccccc5)nc4-c4ccccc4)cc3)ccc(-c3ccc(-c4ccc(-c5ccccc5)nc4-c4ccccc4)cc3)c2SC1c1cccc2c1OC1=C(CC=CC=C1)C2. The molecule has 0 saturated heterocycles. The molecule has 0 fully saturated rings. The molecule has 1 unspecified atom stereocenters. The minimum Gasteiger partial charge on any atom is -0.457 e. The van der Waals surface area contributed by atoms with Crippen molar-refractivity contribution in [2.45, 2.75) is 37.0 Å². The Hall–Kier alpha value is -8.77. The molecule has 10 aromatic rings. The van der Waals surface area contributed by atoms with Crippen LogP contribution in [0.5, 0.6) is 5.75 Å². The molecule has 0 spiro atoms. The monoisotopic (exact) mass is 985 g/mol. The standard InChI is InChI=1S/C68H49N3OS.C2H6/c1-71-65-57(47-34-30-45(31-35-47)55-40-42-60(49-18-7-2-8-19-49)69-63(55)51-22-11-4-12-23-51)38-39-58(67(65)73-68(71)59-28-17-27-54-44-53-26-15-6-16-29-62(53)72-66(54)59)48-36-32-46(33-37-48)56-41-43-61(50-20-9-3-10-21-50)70-64(56)52-24-13-5-14-25-52;1-2/h2-25,27-43,68H,26,44H2,1H3;1-2H3. The highest BCUT2D eigenvalue weighted by molar-refractivity contribution is 8.00. The first kappa shape index (κ1) is 47.2. The quantitative estimate of drug-likeness (QED) is 0.144. The Balaban J connectivity index is 0.00000281. The van der Waals surface area contributed by atoms with Gasteiger partial charge in [-0.3, -0.25) is 0 Å². The number of thioether (sulfide) groups is 1. The van der Waals surface area contributed by atoms with Crippen LogP contribution in [0.4, 0.5) is 5.69 Å². The third-order valence-corrected chi connectivity index (χ3v) is 15.8. The van der Waals surface area contributed by atoms with Crippen molar-refractivity contribution in [3.05, 3.63) is 271 Å². The van der Waals surface area contributed by atoms with E-state index >= 15 is 0 Å². The highest BCUT2D eigenvalue weighted by atomic mass is 32.2. The minimum absolute atomic E-state index is 0.0244. The van der Waals surface area contributed by atoms with Crippen LogP contribution >= 0.6 is 11.8 Å². The molecule has 4 heterocycles. The second-order valence-electron chi connectivity index (χ2n) is 18.8. The molecule has 2 aromatic heterocycles. The molecule has 3 aliphatic rings. The number of fused-ring (bicyclic) bond motifs is 2. The number of anilines is 1. The lowest BCUT2D eigenvalue weighted by Gasteiger charge is -2.29. The van der Waals surface area contributed by atoms with E-state index in [1.54, 1.807) is 0 Å². The zero-order chi connectivity index (χ0) is 50.7. The first-order valence-corrected chi connectivity index (χ1v) is 26.9. The van der Waals surface area contributed by atoms with Gasteiger partial charge in [0.05, 0.1) is 28.5 Å². The van der Waals surface area contributed by atoms with E-state index in [4.69, 9.17) is 14.7 Å². The molecule has 0 N–H and O–H groups in total. The van der Waals surface area contributed by atoms with E-state index in [2.05, 4.69) is 249 Å². The molecule has 0 radical (unpaired) electrons. The number of pyridine rings is 2. The maximum Gasteiger partial charge on any atom is 0.137 e. The number of allylic oxidation sites excluding steroid dienone is 5. The normalized spacial score (nSPS) is 14.2. The number of aromatic nitrogens is 2. The van der Waals surface area contributed by atoms with E-state index < -0.39 is 0 Å². The van der Waals surface area contributed by atoms with Gasteiger partial charge in [0.25, 0.3) is 0 Å². The van der Waals surface area contributed by atoms with Crippen LogP contribution in [0.25, 0.3) is 89.5 Å². The molecule has 362 valence electrons. The lowest BCUT2D eigenvalue weighted by molar-refractivity contribution is 0.413. The van der Waals surface area contributed by atoms with Crippen LogP contribution < -0.4 is 9.64 Å². The molecule has 8 aromatic carbocycles. The maximum absolute atomic E-state index is 6.90. The Bertz CT molecular complexity index is 3770. The summed E-state index contributed by atoms with van der Waals surface area (Å²) >= 11 is 1.91. The fourth-order valence-electron chi connectivity index (χ4n) is 10.6. The number of hydrogen-bond donors (Lipinski definition) is 0. The lowest BCUT2D eigenvalue weighted by Crippen LogP contribution is -2.20. The predicted molar refractivity (Wildman–Crippen MR) is 315 cm³/mol. The Morgan fingerprint density at radius 2 is 0.920 bits per heavy atom. The number of hydrogen-bond acceptors (Lipinski definition) is 5. The van der Waals surface area contributed by atoms with Crippen LogP contribution in [0, 0.1) is 0 Å². The average Bonchev–Trinajstić information content (AvgIpc) is 3.67. The van der Waals surface area contributed by atoms with Crippen LogP contribution in [-0.4, -0.2) is 17.0 Å². The van der Waals surface area contributed by atoms with Crippen LogP contribution in [0.2, 0.25) is 0 Å². The van der Waals surface area contributed by atoms with Crippen molar-refractivity contribution in [2.75, 3.05) is 11.9 Å². The summed E-state index contributed by atoms with van der Waals surface area (Å²) < 4.78 is 6.90. The number of rotatable bonds is 9. The van der Waals surface area contributed by atoms with Crippen LogP contribution in [-0.2, 0) is 6.42 Å². The number of para-hydroxylation sites is 1. The zero-order valence-electron chi connectivity index (χ0n) is 42.3. The number of ether oxygens (including phenoxy) is 1. The van der Waals surface area contributed by atoms with Gasteiger partial charge in [-0.15, -0.1) is 0 Å². The van der Waals surface area contributed by atoms with Crippen molar-refractivity contribution >= 4 is 17.4 Å². The summed E-state index contributed by atoms with van der Waals surface area (Å²) in [5, 5.41) is -0.0244. The fraction of sp³-hybridized carbons (Fsp3) is 0.0857. The summed E-state index contributed by atoms with van der Waals surface area (Å²) in [5.74, 6) is 1.94. The summed E-state index contributed by atoms with van der Waals surface area (Å²) in [6.45, 7) is 4.00. The maximum atomic E-state index is 6.90. The van der Waals surface area contributed by atoms with Crippen molar-refractivity contribution in [2.24, 2.45) is 0 Å². The zero-order valence-corrected chi connectivity index (χ0v) is 43.1. The highest BCUT2D eigenvalue weighted by Crippen LogP contribution is 2.59. The molecule has 2 aliphatic heterocycles. The van der Waals surface area contributed by atoms with Crippen molar-refractivity contribution in [1.29, 1.82) is 0 Å². The largest absolute Gasteiger partial charge is 0.457 e. The van der Waals surface area contributed by atoms with E-state index in [0.29, 0.717) is 0 Å². The van der Waals surface area contributed by atoms with Gasteiger partial charge < -0.3 is 9.64 Å². The third kappa shape index (κ3) is 9.21. The van der Waals surface area contributed by atoms with E-state index in [1.165, 1.54) is 38.4 Å². The molecular formula is C70H55N3OS. The minimum atomic E-state index is -0.0244. The number of benzene rings is 8. The second-order valence-corrected chi connectivity index (χ2v) is 19.9. The van der Waals surface area contributed by atoms with Gasteiger partial charge in [-0.25, -0.2) is 9.97 Å². The van der Waals surface area contributed by atoms with Gasteiger partial charge in [-0.1, -0.05) is 256 Å². The van der Waals surface area contributed by atoms with E-state index in [0.717, 1.165) is 103 Å². The summed E-state index contributed by atoms with van der Waals surface area (Å²) in [6.07, 6.45) is 10.3. The predicted octanol–water partition coefficient (Wildman–Crippen LogP) is 18.8. The lowest BCUT2D eigenvalue weighted by atomic mass is 9.93. The molecule has 5 heteroatoms. The second kappa shape index (κ2) is 21.0. The molecule has 0 bridgehead atoms. The van der Waals surface area contributed by atoms with Crippen molar-refractivity contribution in [3.8, 4) is 95.3 Å². The Morgan fingerprint density at radius 1 is 0.453 bits per heavy atom. The van der Waals surface area contributed by atoms with Crippen LogP contribution in [0.1, 0.15) is 36.8 Å². The van der Waals surface area contributed by atoms with E-state index in [-0.39, 0.29) is 5.37 Å². The van der Waals surface area contributed by atoms with Crippen molar-refractivity contribution in [1.82, 2.24) is 9.97 Å². The first-order valence-electron chi connectivity index (χ1n) is 26.0. The van der Waals surface area contributed by atoms with E-state index in [1.807, 2.05) is 37.7 Å². The van der Waals surface area contributed by atoms with Crippen molar-refractivity contribution in [3.63, 3.8) is 0 Å². The Labute approximate surface area is 445 Å². The van der Waals surface area contributed by atoms with E-state index in [9.17, 15) is 0 Å². The van der Waals surface area contributed by atoms with Crippen molar-refractivity contribution < 1.29 is 4.74 Å². The highest BCUT2D eigenvalue weighted by Gasteiger charge is 2.37. The van der Waals surface area contributed by atoms with Gasteiger partial charge in [0.2, 0.25) is 0 Å². The summed E-state index contributed by atoms with van der Waals surface area (Å²) in [4.78, 5) is 14.3. The summed E-state index contributed by atoms with van der Waals surface area (Å²) in [5.41, 5.74) is 22.3. The van der Waals surface area contributed by atoms with Gasteiger partial charge in [-0.2, -0.15) is 0 Å². The molecule has 1 atom stereocenters. The fourth-order valence-corrected chi connectivity index (χ4v) is 12.1. The van der Waals surface area contributed by atoms with Gasteiger partial charge in [0.1, 0.15) is 16.9 Å². The molecule has 1 aliphatic carbocycles. The molecule has 0 saturated carbocycles. The summed E-state index contributed by atoms with van der Waals surface area (Å²) in [7, 11) is 2.25. The Kier molecular flexibility index (Phi) is 13.2. The topological polar surface area (TPSA) is 38.2 Å². The van der Waals surface area contributed by atoms with Gasteiger partial charge in [-0.05, 0) is 63.6 Å². The average molecular weight is 986 g/mol. The first-order chi connectivity index (χ1) is 37.1. The van der Waals surface area contributed by atoms with Gasteiger partial charge in [0.15, 0.2) is 0 Å². The Morgan fingerprint density at radius 3 is 1.45 bits per heavy atom. The smallest absolute Gasteiger partial charge is 0.137 e.